The molecule has 4 nitrogen and oxygen atoms in total. The van der Waals surface area contributed by atoms with Crippen molar-refractivity contribution in [3.8, 4) is 5.75 Å². The zero-order valence-electron chi connectivity index (χ0n) is 14.1. The summed E-state index contributed by atoms with van der Waals surface area (Å²) < 4.78 is 5.56. The summed E-state index contributed by atoms with van der Waals surface area (Å²) in [5, 5.41) is 3.10. The number of nitrogens with two attached hydrogens (primary N) is 1. The molecule has 0 unspecified atom stereocenters. The quantitative estimate of drug-likeness (QED) is 0.315. The molecule has 0 bridgehead atoms. The molecule has 23 heavy (non-hydrogen) atoms. The zero-order chi connectivity index (χ0) is 16.0. The van der Waals surface area contributed by atoms with Crippen molar-refractivity contribution in [2.24, 2.45) is 10.7 Å². The Labute approximate surface area is 156 Å². The second-order valence-electron chi connectivity index (χ2n) is 6.20. The lowest BCUT2D eigenvalue weighted by Crippen LogP contribution is -2.35. The second-order valence-corrected chi connectivity index (χ2v) is 6.20. The molecule has 5 heteroatoms. The van der Waals surface area contributed by atoms with Gasteiger partial charge in [0.2, 0.25) is 0 Å². The number of halogens is 1. The molecule has 0 aliphatic heterocycles. The van der Waals surface area contributed by atoms with E-state index in [0.717, 1.165) is 24.2 Å². The van der Waals surface area contributed by atoms with Gasteiger partial charge in [-0.15, -0.1) is 24.0 Å². The van der Waals surface area contributed by atoms with Gasteiger partial charge in [0.25, 0.3) is 0 Å². The van der Waals surface area contributed by atoms with Crippen molar-refractivity contribution in [3.05, 3.63) is 42.0 Å². The third-order valence-corrected chi connectivity index (χ3v) is 4.36. The fraction of sp³-hybridized carbons (Fsp3) is 0.500. The SMILES string of the molecule is C=C(C)CNC(N)=NCC1(c2ccccc2OC)CCCC1.I. The van der Waals surface area contributed by atoms with E-state index in [1.54, 1.807) is 7.11 Å². The standard InChI is InChI=1S/C18H27N3O.HI/c1-14(2)12-20-17(19)21-13-18(10-6-7-11-18)15-8-4-5-9-16(15)22-3;/h4-5,8-9H,1,6-7,10-13H2,2-3H3,(H3,19,20,21);1H. The molecule has 0 aromatic heterocycles. The number of para-hydroxylation sites is 1. The number of methoxy groups -OCH3 is 1. The van der Waals surface area contributed by atoms with Crippen LogP contribution in [-0.4, -0.2) is 26.2 Å². The lowest BCUT2D eigenvalue weighted by Gasteiger charge is -2.29. The van der Waals surface area contributed by atoms with Gasteiger partial charge in [-0.25, -0.2) is 0 Å². The molecule has 1 aromatic carbocycles. The van der Waals surface area contributed by atoms with Gasteiger partial charge in [-0.05, 0) is 25.8 Å². The first-order chi connectivity index (χ1) is 10.6. The van der Waals surface area contributed by atoms with Crippen LogP contribution in [-0.2, 0) is 5.41 Å². The van der Waals surface area contributed by atoms with Crippen LogP contribution < -0.4 is 15.8 Å². The molecule has 1 fully saturated rings. The summed E-state index contributed by atoms with van der Waals surface area (Å²) in [7, 11) is 1.73. The first-order valence-corrected chi connectivity index (χ1v) is 7.89. The van der Waals surface area contributed by atoms with Gasteiger partial charge in [-0.3, -0.25) is 4.99 Å². The fourth-order valence-corrected chi connectivity index (χ4v) is 3.18. The summed E-state index contributed by atoms with van der Waals surface area (Å²) in [4.78, 5) is 4.59. The van der Waals surface area contributed by atoms with Crippen LogP contribution >= 0.6 is 24.0 Å². The summed E-state index contributed by atoms with van der Waals surface area (Å²) in [6.45, 7) is 7.19. The van der Waals surface area contributed by atoms with Crippen molar-refractivity contribution < 1.29 is 4.74 Å². The van der Waals surface area contributed by atoms with E-state index in [4.69, 9.17) is 10.5 Å². The van der Waals surface area contributed by atoms with Crippen molar-refractivity contribution in [3.63, 3.8) is 0 Å². The monoisotopic (exact) mass is 429 g/mol. The third-order valence-electron chi connectivity index (χ3n) is 4.36. The average molecular weight is 429 g/mol. The highest BCUT2D eigenvalue weighted by Crippen LogP contribution is 2.44. The lowest BCUT2D eigenvalue weighted by molar-refractivity contribution is 0.378. The Kier molecular flexibility index (Phi) is 7.88. The molecule has 1 aromatic rings. The van der Waals surface area contributed by atoms with E-state index < -0.39 is 0 Å². The van der Waals surface area contributed by atoms with Crippen molar-refractivity contribution in [1.29, 1.82) is 0 Å². The van der Waals surface area contributed by atoms with Gasteiger partial charge in [0, 0.05) is 17.5 Å². The van der Waals surface area contributed by atoms with Crippen molar-refractivity contribution in [2.45, 2.75) is 38.0 Å². The lowest BCUT2D eigenvalue weighted by atomic mass is 9.78. The van der Waals surface area contributed by atoms with Crippen LogP contribution in [0.25, 0.3) is 0 Å². The molecule has 0 radical (unpaired) electrons. The number of nitrogens with one attached hydrogen (secondary N) is 1. The fourth-order valence-electron chi connectivity index (χ4n) is 3.18. The van der Waals surface area contributed by atoms with Gasteiger partial charge in [-0.1, -0.05) is 43.2 Å². The molecule has 3 N–H and O–H groups in total. The molecular weight excluding hydrogens is 401 g/mol. The van der Waals surface area contributed by atoms with E-state index in [9.17, 15) is 0 Å². The van der Waals surface area contributed by atoms with E-state index in [2.05, 4.69) is 29.0 Å². The summed E-state index contributed by atoms with van der Waals surface area (Å²) >= 11 is 0. The third kappa shape index (κ3) is 5.12. The summed E-state index contributed by atoms with van der Waals surface area (Å²) in [5.74, 6) is 1.44. The summed E-state index contributed by atoms with van der Waals surface area (Å²) in [5.41, 5.74) is 8.31. The van der Waals surface area contributed by atoms with E-state index >= 15 is 0 Å². The molecule has 0 saturated heterocycles. The Hall–Kier alpha value is -1.24. The van der Waals surface area contributed by atoms with Gasteiger partial charge < -0.3 is 15.8 Å². The zero-order valence-corrected chi connectivity index (χ0v) is 16.4. The molecule has 128 valence electrons. The maximum absolute atomic E-state index is 5.97. The minimum atomic E-state index is 0. The highest BCUT2D eigenvalue weighted by Gasteiger charge is 2.37. The number of guanidine groups is 1. The van der Waals surface area contributed by atoms with Crippen LogP contribution in [0.4, 0.5) is 0 Å². The van der Waals surface area contributed by atoms with Crippen LogP contribution in [0.1, 0.15) is 38.2 Å². The second kappa shape index (κ2) is 9.15. The summed E-state index contributed by atoms with van der Waals surface area (Å²) in [6, 6.07) is 8.28. The maximum Gasteiger partial charge on any atom is 0.188 e. The predicted octanol–water partition coefficient (Wildman–Crippen LogP) is 3.61. The number of aliphatic imine (C=N–C) groups is 1. The Balaban J connectivity index is 0.00000264. The first kappa shape index (κ1) is 19.8. The Bertz CT molecular complexity index is 551. The molecule has 1 aliphatic rings. The normalized spacial score (nSPS) is 16.5. The van der Waals surface area contributed by atoms with Gasteiger partial charge in [0.1, 0.15) is 5.75 Å². The number of nitrogens with zero attached hydrogens (tertiary/aromatic N) is 1. The number of benzene rings is 1. The van der Waals surface area contributed by atoms with Gasteiger partial charge >= 0.3 is 0 Å². The smallest absolute Gasteiger partial charge is 0.188 e. The number of ether oxygens (including phenoxy) is 1. The maximum atomic E-state index is 5.97. The highest BCUT2D eigenvalue weighted by atomic mass is 127. The van der Waals surface area contributed by atoms with E-state index in [-0.39, 0.29) is 29.4 Å². The Morgan fingerprint density at radius 3 is 2.61 bits per heavy atom. The molecule has 2 rings (SSSR count). The minimum absolute atomic E-state index is 0. The van der Waals surface area contributed by atoms with Gasteiger partial charge in [0.15, 0.2) is 5.96 Å². The Morgan fingerprint density at radius 1 is 1.35 bits per heavy atom. The van der Waals surface area contributed by atoms with Gasteiger partial charge in [0.05, 0.1) is 13.7 Å². The molecule has 1 aliphatic carbocycles. The van der Waals surface area contributed by atoms with E-state index in [1.807, 2.05) is 19.1 Å². The highest BCUT2D eigenvalue weighted by molar-refractivity contribution is 14.0. The largest absolute Gasteiger partial charge is 0.496 e. The first-order valence-electron chi connectivity index (χ1n) is 7.89. The van der Waals surface area contributed by atoms with Crippen LogP contribution in [0.2, 0.25) is 0 Å². The van der Waals surface area contributed by atoms with Crippen LogP contribution in [0.15, 0.2) is 41.4 Å². The predicted molar refractivity (Wildman–Crippen MR) is 108 cm³/mol. The number of hydrogen-bond donors (Lipinski definition) is 2. The minimum Gasteiger partial charge on any atom is -0.496 e. The van der Waals surface area contributed by atoms with Crippen molar-refractivity contribution in [1.82, 2.24) is 5.32 Å². The van der Waals surface area contributed by atoms with E-state index in [0.29, 0.717) is 19.0 Å². The molecule has 0 amide bonds. The number of rotatable bonds is 6. The topological polar surface area (TPSA) is 59.6 Å². The number of hydrogen-bond acceptors (Lipinski definition) is 2. The van der Waals surface area contributed by atoms with Crippen LogP contribution in [0.5, 0.6) is 5.75 Å². The molecule has 0 heterocycles. The molecular formula is C18H28IN3O. The Morgan fingerprint density at radius 2 is 2.00 bits per heavy atom. The van der Waals surface area contributed by atoms with Gasteiger partial charge in [-0.2, -0.15) is 0 Å². The molecule has 0 spiro atoms. The summed E-state index contributed by atoms with van der Waals surface area (Å²) in [6.07, 6.45) is 4.72. The van der Waals surface area contributed by atoms with Crippen molar-refractivity contribution >= 4 is 29.9 Å². The average Bonchev–Trinajstić information content (AvgIpc) is 3.01. The van der Waals surface area contributed by atoms with E-state index in [1.165, 1.54) is 18.4 Å². The van der Waals surface area contributed by atoms with Crippen LogP contribution in [0.3, 0.4) is 0 Å². The van der Waals surface area contributed by atoms with Crippen molar-refractivity contribution in [2.75, 3.05) is 20.2 Å². The molecule has 0 atom stereocenters. The molecule has 1 saturated carbocycles. The van der Waals surface area contributed by atoms with Crippen LogP contribution in [0, 0.1) is 0 Å².